The van der Waals surface area contributed by atoms with Crippen LogP contribution in [0.2, 0.25) is 0 Å². The van der Waals surface area contributed by atoms with Gasteiger partial charge in [-0.05, 0) is 25.1 Å². The summed E-state index contributed by atoms with van der Waals surface area (Å²) < 4.78 is 1.09. The summed E-state index contributed by atoms with van der Waals surface area (Å²) in [5, 5.41) is 6.28. The molecule has 2 aromatic rings. The Kier molecular flexibility index (Phi) is 3.35. The van der Waals surface area contributed by atoms with E-state index in [2.05, 4.69) is 22.5 Å². The molecule has 2 heterocycles. The average Bonchev–Trinajstić information content (AvgIpc) is 2.86. The maximum Gasteiger partial charge on any atom is 0.321 e. The van der Waals surface area contributed by atoms with Crippen LogP contribution in [-0.4, -0.2) is 41.6 Å². The van der Waals surface area contributed by atoms with Crippen molar-refractivity contribution in [1.29, 1.82) is 0 Å². The fraction of sp³-hybridized carbons (Fsp3) is 0.385. The van der Waals surface area contributed by atoms with Gasteiger partial charge in [0.15, 0.2) is 0 Å². The molecule has 2 amide bonds. The fourth-order valence-corrected chi connectivity index (χ4v) is 2.97. The van der Waals surface area contributed by atoms with Crippen LogP contribution >= 0.6 is 11.3 Å². The summed E-state index contributed by atoms with van der Waals surface area (Å²) in [6.45, 7) is 4.43. The van der Waals surface area contributed by atoms with Gasteiger partial charge in [0, 0.05) is 31.4 Å². The van der Waals surface area contributed by atoms with Crippen LogP contribution in [0, 0.1) is 0 Å². The maximum atomic E-state index is 12.2. The van der Waals surface area contributed by atoms with Gasteiger partial charge in [0.1, 0.15) is 0 Å². The normalized spacial score (nSPS) is 19.6. The Bertz CT molecular complexity index is 597. The van der Waals surface area contributed by atoms with Crippen LogP contribution in [0.3, 0.4) is 0 Å². The van der Waals surface area contributed by atoms with Crippen molar-refractivity contribution in [2.45, 2.75) is 13.0 Å². The number of thiazole rings is 1. The highest BCUT2D eigenvalue weighted by molar-refractivity contribution is 7.16. The van der Waals surface area contributed by atoms with Crippen LogP contribution in [-0.2, 0) is 0 Å². The Morgan fingerprint density at radius 3 is 3.32 bits per heavy atom. The number of urea groups is 1. The van der Waals surface area contributed by atoms with Gasteiger partial charge in [-0.25, -0.2) is 9.78 Å². The lowest BCUT2D eigenvalue weighted by Gasteiger charge is -2.31. The van der Waals surface area contributed by atoms with E-state index in [1.807, 2.05) is 28.6 Å². The Morgan fingerprint density at radius 1 is 1.58 bits per heavy atom. The molecular formula is C13H16N4OS. The number of hydrogen-bond acceptors (Lipinski definition) is 4. The van der Waals surface area contributed by atoms with E-state index in [0.717, 1.165) is 35.5 Å². The third-order valence-electron chi connectivity index (χ3n) is 3.24. The fourth-order valence-electron chi connectivity index (χ4n) is 2.25. The summed E-state index contributed by atoms with van der Waals surface area (Å²) in [5.74, 6) is 0. The minimum atomic E-state index is -0.0304. The SMILES string of the molecule is CC1CN(C(=O)Nc2ccc3ncsc3c2)CCN1. The van der Waals surface area contributed by atoms with E-state index in [1.54, 1.807) is 11.3 Å². The third-order valence-corrected chi connectivity index (χ3v) is 4.03. The first kappa shape index (κ1) is 12.4. The molecule has 0 saturated carbocycles. The van der Waals surface area contributed by atoms with Crippen LogP contribution in [0.4, 0.5) is 10.5 Å². The second-order valence-electron chi connectivity index (χ2n) is 4.77. The predicted octanol–water partition coefficient (Wildman–Crippen LogP) is 2.12. The van der Waals surface area contributed by atoms with E-state index in [0.29, 0.717) is 6.04 Å². The number of nitrogens with zero attached hydrogens (tertiary/aromatic N) is 2. The quantitative estimate of drug-likeness (QED) is 0.839. The zero-order valence-corrected chi connectivity index (χ0v) is 11.5. The van der Waals surface area contributed by atoms with Crippen LogP contribution in [0.5, 0.6) is 0 Å². The summed E-state index contributed by atoms with van der Waals surface area (Å²) in [7, 11) is 0. The molecule has 1 aliphatic rings. The molecule has 6 heteroatoms. The van der Waals surface area contributed by atoms with Gasteiger partial charge >= 0.3 is 6.03 Å². The molecule has 0 bridgehead atoms. The molecule has 2 N–H and O–H groups in total. The van der Waals surface area contributed by atoms with E-state index in [-0.39, 0.29) is 6.03 Å². The highest BCUT2D eigenvalue weighted by Crippen LogP contribution is 2.22. The van der Waals surface area contributed by atoms with E-state index in [1.165, 1.54) is 0 Å². The van der Waals surface area contributed by atoms with Crippen molar-refractivity contribution in [3.63, 3.8) is 0 Å². The number of aromatic nitrogens is 1. The lowest BCUT2D eigenvalue weighted by Crippen LogP contribution is -2.52. The lowest BCUT2D eigenvalue weighted by atomic mass is 10.2. The molecule has 1 aromatic heterocycles. The van der Waals surface area contributed by atoms with E-state index in [4.69, 9.17) is 0 Å². The Balaban J connectivity index is 1.71. The molecule has 19 heavy (non-hydrogen) atoms. The first-order chi connectivity index (χ1) is 9.22. The summed E-state index contributed by atoms with van der Waals surface area (Å²) in [6, 6.07) is 6.12. The average molecular weight is 276 g/mol. The van der Waals surface area contributed by atoms with Crippen molar-refractivity contribution in [2.75, 3.05) is 25.0 Å². The molecule has 5 nitrogen and oxygen atoms in total. The Morgan fingerprint density at radius 2 is 2.47 bits per heavy atom. The van der Waals surface area contributed by atoms with Gasteiger partial charge in [-0.3, -0.25) is 0 Å². The van der Waals surface area contributed by atoms with Gasteiger partial charge in [0.25, 0.3) is 0 Å². The van der Waals surface area contributed by atoms with Gasteiger partial charge in [-0.1, -0.05) is 0 Å². The molecular weight excluding hydrogens is 260 g/mol. The van der Waals surface area contributed by atoms with Crippen LogP contribution in [0.1, 0.15) is 6.92 Å². The molecule has 1 atom stereocenters. The molecule has 3 rings (SSSR count). The van der Waals surface area contributed by atoms with Crippen molar-refractivity contribution >= 4 is 33.3 Å². The minimum Gasteiger partial charge on any atom is -0.322 e. The monoisotopic (exact) mass is 276 g/mol. The van der Waals surface area contributed by atoms with Crippen molar-refractivity contribution in [2.24, 2.45) is 0 Å². The summed E-state index contributed by atoms with van der Waals surface area (Å²) in [4.78, 5) is 18.2. The zero-order valence-electron chi connectivity index (χ0n) is 10.7. The smallest absolute Gasteiger partial charge is 0.321 e. The van der Waals surface area contributed by atoms with Crippen LogP contribution in [0.25, 0.3) is 10.2 Å². The topological polar surface area (TPSA) is 57.3 Å². The maximum absolute atomic E-state index is 12.2. The Labute approximate surface area is 115 Å². The molecule has 1 saturated heterocycles. The Hall–Kier alpha value is -1.66. The number of anilines is 1. The summed E-state index contributed by atoms with van der Waals surface area (Å²) in [5.41, 5.74) is 3.61. The van der Waals surface area contributed by atoms with Crippen molar-refractivity contribution in [1.82, 2.24) is 15.2 Å². The molecule has 0 aliphatic carbocycles. The number of nitrogens with one attached hydrogen (secondary N) is 2. The number of piperazine rings is 1. The van der Waals surface area contributed by atoms with Crippen LogP contribution in [0.15, 0.2) is 23.7 Å². The standard InChI is InChI=1S/C13H16N4OS/c1-9-7-17(5-4-14-9)13(18)16-10-2-3-11-12(6-10)19-8-15-11/h2-3,6,8-9,14H,4-5,7H2,1H3,(H,16,18). The molecule has 0 spiro atoms. The summed E-state index contributed by atoms with van der Waals surface area (Å²) >= 11 is 1.58. The molecule has 1 unspecified atom stereocenters. The zero-order chi connectivity index (χ0) is 13.2. The first-order valence-electron chi connectivity index (χ1n) is 6.35. The van der Waals surface area contributed by atoms with E-state index in [9.17, 15) is 4.79 Å². The van der Waals surface area contributed by atoms with Crippen molar-refractivity contribution in [3.05, 3.63) is 23.7 Å². The molecule has 100 valence electrons. The predicted molar refractivity (Wildman–Crippen MR) is 77.7 cm³/mol. The largest absolute Gasteiger partial charge is 0.322 e. The minimum absolute atomic E-state index is 0.0304. The van der Waals surface area contributed by atoms with Gasteiger partial charge in [-0.2, -0.15) is 0 Å². The van der Waals surface area contributed by atoms with Gasteiger partial charge < -0.3 is 15.5 Å². The molecule has 1 fully saturated rings. The third kappa shape index (κ3) is 2.69. The van der Waals surface area contributed by atoms with Gasteiger partial charge in [0.05, 0.1) is 15.7 Å². The second-order valence-corrected chi connectivity index (χ2v) is 5.65. The molecule has 1 aromatic carbocycles. The van der Waals surface area contributed by atoms with Crippen LogP contribution < -0.4 is 10.6 Å². The van der Waals surface area contributed by atoms with E-state index >= 15 is 0 Å². The van der Waals surface area contributed by atoms with Gasteiger partial charge in [-0.15, -0.1) is 11.3 Å². The number of rotatable bonds is 1. The number of hydrogen-bond donors (Lipinski definition) is 2. The number of carbonyl (C=O) groups is 1. The highest BCUT2D eigenvalue weighted by Gasteiger charge is 2.20. The molecule has 1 aliphatic heterocycles. The van der Waals surface area contributed by atoms with Crippen molar-refractivity contribution < 1.29 is 4.79 Å². The highest BCUT2D eigenvalue weighted by atomic mass is 32.1. The molecule has 0 radical (unpaired) electrons. The number of carbonyl (C=O) groups excluding carboxylic acids is 1. The number of benzene rings is 1. The second kappa shape index (κ2) is 5.14. The summed E-state index contributed by atoms with van der Waals surface area (Å²) in [6.07, 6.45) is 0. The lowest BCUT2D eigenvalue weighted by molar-refractivity contribution is 0.192. The van der Waals surface area contributed by atoms with Crippen molar-refractivity contribution in [3.8, 4) is 0 Å². The number of amides is 2. The first-order valence-corrected chi connectivity index (χ1v) is 7.23. The number of fused-ring (bicyclic) bond motifs is 1. The van der Waals surface area contributed by atoms with Gasteiger partial charge in [0.2, 0.25) is 0 Å². The van der Waals surface area contributed by atoms with E-state index < -0.39 is 0 Å².